The number of hydrogen-bond donors (Lipinski definition) is 1. The summed E-state index contributed by atoms with van der Waals surface area (Å²) < 4.78 is 7.63. The Bertz CT molecular complexity index is 894. The summed E-state index contributed by atoms with van der Waals surface area (Å²) in [6.07, 6.45) is 2.14. The molecular weight excluding hydrogens is 392 g/mol. The number of ether oxygens (including phenoxy) is 1. The Labute approximate surface area is 173 Å². The molecule has 0 radical (unpaired) electrons. The van der Waals surface area contributed by atoms with Crippen molar-refractivity contribution in [3.8, 4) is 16.5 Å². The van der Waals surface area contributed by atoms with Gasteiger partial charge < -0.3 is 14.6 Å². The molecule has 2 heterocycles. The van der Waals surface area contributed by atoms with Crippen LogP contribution in [-0.2, 0) is 18.4 Å². The third-order valence-corrected chi connectivity index (χ3v) is 5.95. The maximum absolute atomic E-state index is 12.2. The standard InChI is InChI=1S/C20H24N4O2S2/c1-3-4-10-26-16-8-5-7-15(12-16)13-21-18(25)14-28-20-23-22-19(24(20)2)17-9-6-11-27-17/h5-9,11-12H,3-4,10,13-14H2,1-2H3,(H,21,25). The predicted octanol–water partition coefficient (Wildman–Crippen LogP) is 4.13. The third-order valence-electron chi connectivity index (χ3n) is 4.06. The van der Waals surface area contributed by atoms with E-state index in [-0.39, 0.29) is 5.91 Å². The molecule has 1 amide bonds. The largest absolute Gasteiger partial charge is 0.494 e. The number of unbranched alkanes of at least 4 members (excludes halogenated alkanes) is 1. The van der Waals surface area contributed by atoms with E-state index in [4.69, 9.17) is 4.74 Å². The maximum Gasteiger partial charge on any atom is 0.230 e. The van der Waals surface area contributed by atoms with Gasteiger partial charge in [-0.1, -0.05) is 43.3 Å². The number of nitrogens with zero attached hydrogens (tertiary/aromatic N) is 3. The normalized spacial score (nSPS) is 10.8. The molecule has 1 aromatic carbocycles. The minimum absolute atomic E-state index is 0.0389. The summed E-state index contributed by atoms with van der Waals surface area (Å²) in [4.78, 5) is 13.3. The summed E-state index contributed by atoms with van der Waals surface area (Å²) in [5.41, 5.74) is 1.02. The van der Waals surface area contributed by atoms with E-state index in [1.165, 1.54) is 11.8 Å². The van der Waals surface area contributed by atoms with Crippen molar-refractivity contribution >= 4 is 29.0 Å². The van der Waals surface area contributed by atoms with E-state index < -0.39 is 0 Å². The molecule has 0 saturated carbocycles. The van der Waals surface area contributed by atoms with Crippen molar-refractivity contribution in [2.45, 2.75) is 31.5 Å². The summed E-state index contributed by atoms with van der Waals surface area (Å²) in [5.74, 6) is 1.92. The van der Waals surface area contributed by atoms with Crippen molar-refractivity contribution in [1.82, 2.24) is 20.1 Å². The lowest BCUT2D eigenvalue weighted by atomic mass is 10.2. The van der Waals surface area contributed by atoms with Gasteiger partial charge in [0, 0.05) is 13.6 Å². The number of rotatable bonds is 10. The van der Waals surface area contributed by atoms with Crippen LogP contribution >= 0.6 is 23.1 Å². The lowest BCUT2D eigenvalue weighted by Gasteiger charge is -2.09. The minimum atomic E-state index is -0.0389. The number of carbonyl (C=O) groups excluding carboxylic acids is 1. The summed E-state index contributed by atoms with van der Waals surface area (Å²) >= 11 is 3.00. The fraction of sp³-hybridized carbons (Fsp3) is 0.350. The Hall–Kier alpha value is -2.32. The van der Waals surface area contributed by atoms with Crippen molar-refractivity contribution in [2.75, 3.05) is 12.4 Å². The topological polar surface area (TPSA) is 69.0 Å². The Morgan fingerprint density at radius 2 is 2.18 bits per heavy atom. The molecule has 0 unspecified atom stereocenters. The highest BCUT2D eigenvalue weighted by Crippen LogP contribution is 2.25. The Morgan fingerprint density at radius 3 is 2.96 bits per heavy atom. The summed E-state index contributed by atoms with van der Waals surface area (Å²) in [6.45, 7) is 3.33. The first kappa shape index (κ1) is 20.4. The van der Waals surface area contributed by atoms with Crippen molar-refractivity contribution in [3.05, 3.63) is 47.3 Å². The van der Waals surface area contributed by atoms with Gasteiger partial charge in [0.05, 0.1) is 17.2 Å². The van der Waals surface area contributed by atoms with Crippen LogP contribution in [0.5, 0.6) is 5.75 Å². The van der Waals surface area contributed by atoms with Gasteiger partial charge in [0.2, 0.25) is 5.91 Å². The van der Waals surface area contributed by atoms with Crippen LogP contribution in [-0.4, -0.2) is 33.0 Å². The van der Waals surface area contributed by atoms with Gasteiger partial charge >= 0.3 is 0 Å². The summed E-state index contributed by atoms with van der Waals surface area (Å²) in [6, 6.07) is 11.8. The minimum Gasteiger partial charge on any atom is -0.494 e. The van der Waals surface area contributed by atoms with Crippen molar-refractivity contribution < 1.29 is 9.53 Å². The summed E-state index contributed by atoms with van der Waals surface area (Å²) in [5, 5.41) is 14.1. The van der Waals surface area contributed by atoms with Crippen molar-refractivity contribution in [1.29, 1.82) is 0 Å². The lowest BCUT2D eigenvalue weighted by molar-refractivity contribution is -0.118. The van der Waals surface area contributed by atoms with Gasteiger partial charge in [0.15, 0.2) is 11.0 Å². The molecule has 8 heteroatoms. The second-order valence-corrected chi connectivity index (χ2v) is 8.15. The van der Waals surface area contributed by atoms with Crippen LogP contribution in [0, 0.1) is 0 Å². The number of aromatic nitrogens is 3. The van der Waals surface area contributed by atoms with Gasteiger partial charge in [0.1, 0.15) is 5.75 Å². The van der Waals surface area contributed by atoms with Gasteiger partial charge in [-0.15, -0.1) is 21.5 Å². The van der Waals surface area contributed by atoms with E-state index in [2.05, 4.69) is 22.4 Å². The van der Waals surface area contributed by atoms with E-state index in [1.807, 2.05) is 53.4 Å². The van der Waals surface area contributed by atoms with Crippen LogP contribution in [0.15, 0.2) is 46.9 Å². The van der Waals surface area contributed by atoms with E-state index in [0.29, 0.717) is 18.9 Å². The fourth-order valence-corrected chi connectivity index (χ4v) is 4.01. The maximum atomic E-state index is 12.2. The van der Waals surface area contributed by atoms with Crippen LogP contribution in [0.1, 0.15) is 25.3 Å². The number of nitrogens with one attached hydrogen (secondary N) is 1. The second kappa shape index (κ2) is 10.3. The molecule has 0 aliphatic rings. The molecule has 2 aromatic heterocycles. The molecular formula is C20H24N4O2S2. The van der Waals surface area contributed by atoms with Crippen LogP contribution in [0.4, 0.5) is 0 Å². The molecule has 28 heavy (non-hydrogen) atoms. The van der Waals surface area contributed by atoms with Crippen LogP contribution < -0.4 is 10.1 Å². The zero-order valence-corrected chi connectivity index (χ0v) is 17.7. The highest BCUT2D eigenvalue weighted by Gasteiger charge is 2.13. The average molecular weight is 417 g/mol. The number of thioether (sulfide) groups is 1. The molecule has 1 N–H and O–H groups in total. The molecule has 148 valence electrons. The quantitative estimate of drug-likeness (QED) is 0.397. The first-order valence-corrected chi connectivity index (χ1v) is 11.1. The van der Waals surface area contributed by atoms with E-state index in [9.17, 15) is 4.79 Å². The fourth-order valence-electron chi connectivity index (χ4n) is 2.52. The van der Waals surface area contributed by atoms with Crippen molar-refractivity contribution in [2.24, 2.45) is 7.05 Å². The van der Waals surface area contributed by atoms with Crippen molar-refractivity contribution in [3.63, 3.8) is 0 Å². The van der Waals surface area contributed by atoms with Crippen LogP contribution in [0.25, 0.3) is 10.7 Å². The monoisotopic (exact) mass is 416 g/mol. The smallest absolute Gasteiger partial charge is 0.230 e. The molecule has 0 saturated heterocycles. The average Bonchev–Trinajstić information content (AvgIpc) is 3.35. The van der Waals surface area contributed by atoms with E-state index in [1.54, 1.807) is 11.3 Å². The predicted molar refractivity (Wildman–Crippen MR) is 114 cm³/mol. The highest BCUT2D eigenvalue weighted by molar-refractivity contribution is 7.99. The van der Waals surface area contributed by atoms with Gasteiger partial charge in [-0.2, -0.15) is 0 Å². The molecule has 0 fully saturated rings. The highest BCUT2D eigenvalue weighted by atomic mass is 32.2. The number of amides is 1. The van der Waals surface area contributed by atoms with E-state index in [0.717, 1.165) is 40.0 Å². The SMILES string of the molecule is CCCCOc1cccc(CNC(=O)CSc2nnc(-c3cccs3)n2C)c1. The number of carbonyl (C=O) groups is 1. The zero-order chi connectivity index (χ0) is 19.8. The number of benzene rings is 1. The van der Waals surface area contributed by atoms with Gasteiger partial charge in [-0.25, -0.2) is 0 Å². The molecule has 3 rings (SSSR count). The molecule has 0 bridgehead atoms. The van der Waals surface area contributed by atoms with Gasteiger partial charge in [0.25, 0.3) is 0 Å². The van der Waals surface area contributed by atoms with Crippen LogP contribution in [0.3, 0.4) is 0 Å². The molecule has 0 aliphatic heterocycles. The number of hydrogen-bond acceptors (Lipinski definition) is 6. The number of thiophene rings is 1. The zero-order valence-electron chi connectivity index (χ0n) is 16.1. The van der Waals surface area contributed by atoms with Crippen LogP contribution in [0.2, 0.25) is 0 Å². The first-order chi connectivity index (χ1) is 13.7. The first-order valence-electron chi connectivity index (χ1n) is 9.22. The third kappa shape index (κ3) is 5.59. The van der Waals surface area contributed by atoms with E-state index >= 15 is 0 Å². The van der Waals surface area contributed by atoms with Gasteiger partial charge in [-0.05, 0) is 35.6 Å². The molecule has 0 spiro atoms. The molecule has 0 aliphatic carbocycles. The van der Waals surface area contributed by atoms with Gasteiger partial charge in [-0.3, -0.25) is 4.79 Å². The summed E-state index contributed by atoms with van der Waals surface area (Å²) in [7, 11) is 1.92. The second-order valence-electron chi connectivity index (χ2n) is 6.26. The lowest BCUT2D eigenvalue weighted by Crippen LogP contribution is -2.24. The Balaban J connectivity index is 1.47. The Morgan fingerprint density at radius 1 is 1.29 bits per heavy atom. The molecule has 3 aromatic rings. The molecule has 0 atom stereocenters. The molecule has 6 nitrogen and oxygen atoms in total. The Kier molecular flexibility index (Phi) is 7.50.